The molecule has 16 heavy (non-hydrogen) atoms. The van der Waals surface area contributed by atoms with Crippen LogP contribution in [0.5, 0.6) is 0 Å². The molecule has 3 heteroatoms. The predicted octanol–water partition coefficient (Wildman–Crippen LogP) is 1.51. The third-order valence-corrected chi connectivity index (χ3v) is 4.52. The van der Waals surface area contributed by atoms with E-state index < -0.39 is 0 Å². The van der Waals surface area contributed by atoms with Crippen LogP contribution in [0.1, 0.15) is 26.2 Å². The average molecular weight is 222 g/mol. The Hall–Kier alpha value is -0.830. The number of aliphatic hydroxyl groups is 1. The maximum absolute atomic E-state index is 11.1. The standard InChI is InChI=1S/C13H18O3/c1-7(14)16-11-5-4-10(15)12-8-2-3-9(6-8)13(11)12/h2-3,8-13,15H,4-6H2,1H3/t8-,9+,10+,11-,12+,13-/m0/s1. The molecule has 3 aliphatic rings. The van der Waals surface area contributed by atoms with Crippen LogP contribution in [0.4, 0.5) is 0 Å². The summed E-state index contributed by atoms with van der Waals surface area (Å²) in [4.78, 5) is 11.1. The smallest absolute Gasteiger partial charge is 0.302 e. The molecule has 3 aliphatic carbocycles. The number of carbonyl (C=O) groups excluding carboxylic acids is 1. The van der Waals surface area contributed by atoms with Crippen LogP contribution in [0.25, 0.3) is 0 Å². The molecule has 1 N–H and O–H groups in total. The quantitative estimate of drug-likeness (QED) is 0.540. The summed E-state index contributed by atoms with van der Waals surface area (Å²) in [6, 6.07) is 0. The van der Waals surface area contributed by atoms with Gasteiger partial charge in [-0.25, -0.2) is 0 Å². The molecule has 0 heterocycles. The molecule has 3 nitrogen and oxygen atoms in total. The maximum atomic E-state index is 11.1. The van der Waals surface area contributed by atoms with Gasteiger partial charge in [0.05, 0.1) is 6.10 Å². The van der Waals surface area contributed by atoms with Crippen molar-refractivity contribution in [3.8, 4) is 0 Å². The van der Waals surface area contributed by atoms with Gasteiger partial charge in [-0.1, -0.05) is 12.2 Å². The van der Waals surface area contributed by atoms with Gasteiger partial charge in [-0.15, -0.1) is 0 Å². The highest BCUT2D eigenvalue weighted by atomic mass is 16.5. The summed E-state index contributed by atoms with van der Waals surface area (Å²) in [5.74, 6) is 1.54. The molecular weight excluding hydrogens is 204 g/mol. The van der Waals surface area contributed by atoms with Crippen molar-refractivity contribution < 1.29 is 14.6 Å². The zero-order valence-electron chi connectivity index (χ0n) is 9.50. The van der Waals surface area contributed by atoms with Crippen molar-refractivity contribution in [3.63, 3.8) is 0 Å². The number of fused-ring (bicyclic) bond motifs is 5. The fourth-order valence-electron chi connectivity index (χ4n) is 4.03. The Morgan fingerprint density at radius 3 is 2.62 bits per heavy atom. The van der Waals surface area contributed by atoms with E-state index in [1.807, 2.05) is 0 Å². The van der Waals surface area contributed by atoms with Crippen molar-refractivity contribution in [1.29, 1.82) is 0 Å². The summed E-state index contributed by atoms with van der Waals surface area (Å²) in [6.07, 6.45) is 7.06. The highest BCUT2D eigenvalue weighted by Crippen LogP contribution is 2.54. The minimum absolute atomic E-state index is 0.0332. The monoisotopic (exact) mass is 222 g/mol. The lowest BCUT2D eigenvalue weighted by Gasteiger charge is -2.41. The predicted molar refractivity (Wildman–Crippen MR) is 58.5 cm³/mol. The lowest BCUT2D eigenvalue weighted by atomic mass is 9.70. The largest absolute Gasteiger partial charge is 0.462 e. The van der Waals surface area contributed by atoms with Crippen LogP contribution in [0.3, 0.4) is 0 Å². The number of ether oxygens (including phenoxy) is 1. The van der Waals surface area contributed by atoms with E-state index in [4.69, 9.17) is 4.74 Å². The zero-order chi connectivity index (χ0) is 11.3. The number of carbonyl (C=O) groups is 1. The molecule has 0 spiro atoms. The SMILES string of the molecule is CC(=O)O[C@H]1CC[C@@H](O)[C@@H]2[C@H]1[C@@H]1C=C[C@H]2C1. The van der Waals surface area contributed by atoms with Gasteiger partial charge in [-0.05, 0) is 37.0 Å². The molecule has 0 aromatic carbocycles. The summed E-state index contributed by atoms with van der Waals surface area (Å²) >= 11 is 0. The lowest BCUT2D eigenvalue weighted by molar-refractivity contribution is -0.156. The topological polar surface area (TPSA) is 46.5 Å². The molecule has 2 saturated carbocycles. The first-order valence-electron chi connectivity index (χ1n) is 6.20. The van der Waals surface area contributed by atoms with Gasteiger partial charge in [0.2, 0.25) is 0 Å². The van der Waals surface area contributed by atoms with E-state index >= 15 is 0 Å². The number of hydrogen-bond acceptors (Lipinski definition) is 3. The lowest BCUT2D eigenvalue weighted by Crippen LogP contribution is -2.44. The summed E-state index contributed by atoms with van der Waals surface area (Å²) in [5.41, 5.74) is 0. The highest BCUT2D eigenvalue weighted by molar-refractivity contribution is 5.66. The first-order chi connectivity index (χ1) is 7.66. The normalized spacial score (nSPS) is 49.1. The van der Waals surface area contributed by atoms with E-state index in [-0.39, 0.29) is 18.2 Å². The number of hydrogen-bond donors (Lipinski definition) is 1. The van der Waals surface area contributed by atoms with E-state index in [0.29, 0.717) is 23.7 Å². The van der Waals surface area contributed by atoms with Gasteiger partial charge in [0, 0.05) is 12.8 Å². The summed E-state index contributed by atoms with van der Waals surface area (Å²) in [7, 11) is 0. The minimum atomic E-state index is -0.197. The third-order valence-electron chi connectivity index (χ3n) is 4.52. The number of allylic oxidation sites excluding steroid dienone is 2. The van der Waals surface area contributed by atoms with Crippen molar-refractivity contribution in [2.75, 3.05) is 0 Å². The Morgan fingerprint density at radius 2 is 1.94 bits per heavy atom. The first-order valence-corrected chi connectivity index (χ1v) is 6.20. The van der Waals surface area contributed by atoms with Crippen molar-refractivity contribution in [2.24, 2.45) is 23.7 Å². The van der Waals surface area contributed by atoms with E-state index in [1.54, 1.807) is 0 Å². The van der Waals surface area contributed by atoms with Gasteiger partial charge in [-0.2, -0.15) is 0 Å². The Balaban J connectivity index is 1.84. The van der Waals surface area contributed by atoms with Crippen molar-refractivity contribution in [3.05, 3.63) is 12.2 Å². The van der Waals surface area contributed by atoms with Gasteiger partial charge < -0.3 is 9.84 Å². The van der Waals surface area contributed by atoms with Crippen LogP contribution in [0.2, 0.25) is 0 Å². The van der Waals surface area contributed by atoms with Crippen LogP contribution in [0.15, 0.2) is 12.2 Å². The van der Waals surface area contributed by atoms with Gasteiger partial charge in [0.15, 0.2) is 0 Å². The molecule has 0 aromatic rings. The van der Waals surface area contributed by atoms with E-state index in [0.717, 1.165) is 19.3 Å². The fourth-order valence-corrected chi connectivity index (χ4v) is 4.03. The summed E-state index contributed by atoms with van der Waals surface area (Å²) in [5, 5.41) is 10.1. The number of rotatable bonds is 1. The maximum Gasteiger partial charge on any atom is 0.302 e. The summed E-state index contributed by atoms with van der Waals surface area (Å²) in [6.45, 7) is 1.48. The molecule has 6 atom stereocenters. The van der Waals surface area contributed by atoms with Crippen LogP contribution in [0, 0.1) is 23.7 Å². The molecule has 3 rings (SSSR count). The summed E-state index contributed by atoms with van der Waals surface area (Å²) < 4.78 is 5.42. The van der Waals surface area contributed by atoms with Crippen LogP contribution in [-0.2, 0) is 9.53 Å². The Bertz CT molecular complexity index is 336. The molecular formula is C13H18O3. The number of esters is 1. The van der Waals surface area contributed by atoms with Crippen LogP contribution >= 0.6 is 0 Å². The molecule has 0 saturated heterocycles. The molecule has 0 radical (unpaired) electrons. The molecule has 0 unspecified atom stereocenters. The van der Waals surface area contributed by atoms with Gasteiger partial charge in [0.25, 0.3) is 0 Å². The second-order valence-corrected chi connectivity index (χ2v) is 5.40. The highest BCUT2D eigenvalue weighted by Gasteiger charge is 2.53. The van der Waals surface area contributed by atoms with E-state index in [9.17, 15) is 9.90 Å². The second kappa shape index (κ2) is 3.59. The molecule has 0 amide bonds. The Kier molecular flexibility index (Phi) is 2.32. The molecule has 0 aliphatic heterocycles. The van der Waals surface area contributed by atoms with Crippen molar-refractivity contribution in [1.82, 2.24) is 0 Å². The second-order valence-electron chi connectivity index (χ2n) is 5.40. The molecule has 0 aromatic heterocycles. The zero-order valence-corrected chi connectivity index (χ0v) is 9.50. The molecule has 2 bridgehead atoms. The van der Waals surface area contributed by atoms with Gasteiger partial charge >= 0.3 is 5.97 Å². The van der Waals surface area contributed by atoms with Crippen molar-refractivity contribution in [2.45, 2.75) is 38.4 Å². The van der Waals surface area contributed by atoms with Crippen LogP contribution in [-0.4, -0.2) is 23.3 Å². The third kappa shape index (κ3) is 1.41. The van der Waals surface area contributed by atoms with Crippen molar-refractivity contribution >= 4 is 5.97 Å². The average Bonchev–Trinajstić information content (AvgIpc) is 2.82. The van der Waals surface area contributed by atoms with Gasteiger partial charge in [-0.3, -0.25) is 4.79 Å². The first kappa shape index (κ1) is 10.3. The Labute approximate surface area is 95.5 Å². The van der Waals surface area contributed by atoms with E-state index in [2.05, 4.69) is 12.2 Å². The number of aliphatic hydroxyl groups excluding tert-OH is 1. The Morgan fingerprint density at radius 1 is 1.25 bits per heavy atom. The van der Waals surface area contributed by atoms with E-state index in [1.165, 1.54) is 6.92 Å². The fraction of sp³-hybridized carbons (Fsp3) is 0.769. The molecule has 2 fully saturated rings. The van der Waals surface area contributed by atoms with Gasteiger partial charge in [0.1, 0.15) is 6.10 Å². The molecule has 88 valence electrons. The van der Waals surface area contributed by atoms with Crippen LogP contribution < -0.4 is 0 Å². The minimum Gasteiger partial charge on any atom is -0.462 e.